The van der Waals surface area contributed by atoms with E-state index < -0.39 is 30.7 Å². The summed E-state index contributed by atoms with van der Waals surface area (Å²) in [5, 5.41) is 16.5. The van der Waals surface area contributed by atoms with E-state index in [1.807, 2.05) is 0 Å². The Labute approximate surface area is 162 Å². The van der Waals surface area contributed by atoms with E-state index in [1.165, 1.54) is 6.33 Å². The van der Waals surface area contributed by atoms with Crippen LogP contribution in [0.5, 0.6) is 0 Å². The fraction of sp³-hybridized carbons (Fsp3) is 0.353. The van der Waals surface area contributed by atoms with E-state index in [0.29, 0.717) is 11.3 Å². The number of nitrogens with one attached hydrogen (secondary N) is 2. The fourth-order valence-electron chi connectivity index (χ4n) is 2.62. The molecule has 0 saturated heterocycles. The number of pyridine rings is 1. The SMILES string of the molecule is CC(C)c1nn(CC(=O)Nc2ccc3nncn3c2)c(=O)cc1NCC(F)(F)F. The van der Waals surface area contributed by atoms with Crippen molar-refractivity contribution in [3.63, 3.8) is 0 Å². The summed E-state index contributed by atoms with van der Waals surface area (Å²) in [7, 11) is 0. The molecule has 2 N–H and O–H groups in total. The van der Waals surface area contributed by atoms with Crippen LogP contribution in [0.2, 0.25) is 0 Å². The van der Waals surface area contributed by atoms with Gasteiger partial charge in [0.1, 0.15) is 19.4 Å². The van der Waals surface area contributed by atoms with Crippen molar-refractivity contribution in [1.82, 2.24) is 24.4 Å². The molecule has 0 spiro atoms. The Morgan fingerprint density at radius 3 is 2.72 bits per heavy atom. The van der Waals surface area contributed by atoms with Gasteiger partial charge in [0.05, 0.1) is 17.1 Å². The summed E-state index contributed by atoms with van der Waals surface area (Å²) >= 11 is 0. The molecule has 154 valence electrons. The Bertz CT molecular complexity index is 1090. The van der Waals surface area contributed by atoms with Crippen molar-refractivity contribution in [2.75, 3.05) is 17.2 Å². The zero-order chi connectivity index (χ0) is 21.2. The summed E-state index contributed by atoms with van der Waals surface area (Å²) < 4.78 is 40.0. The molecule has 12 heteroatoms. The summed E-state index contributed by atoms with van der Waals surface area (Å²) in [6.45, 7) is 1.77. The average molecular weight is 409 g/mol. The molecule has 3 rings (SSSR count). The summed E-state index contributed by atoms with van der Waals surface area (Å²) in [6, 6.07) is 4.30. The van der Waals surface area contributed by atoms with E-state index in [-0.39, 0.29) is 17.3 Å². The molecule has 29 heavy (non-hydrogen) atoms. The molecule has 0 aliphatic carbocycles. The van der Waals surface area contributed by atoms with Crippen LogP contribution in [-0.2, 0) is 11.3 Å². The van der Waals surface area contributed by atoms with Crippen molar-refractivity contribution in [3.8, 4) is 0 Å². The molecule has 0 aromatic carbocycles. The van der Waals surface area contributed by atoms with Crippen LogP contribution in [0.25, 0.3) is 5.65 Å². The molecule has 0 aliphatic rings. The van der Waals surface area contributed by atoms with Gasteiger partial charge in [0.2, 0.25) is 5.91 Å². The highest BCUT2D eigenvalue weighted by Crippen LogP contribution is 2.22. The van der Waals surface area contributed by atoms with Crippen molar-refractivity contribution in [1.29, 1.82) is 0 Å². The van der Waals surface area contributed by atoms with Crippen LogP contribution in [0.3, 0.4) is 0 Å². The third-order valence-electron chi connectivity index (χ3n) is 3.92. The molecule has 0 radical (unpaired) electrons. The molecule has 0 fully saturated rings. The number of rotatable bonds is 6. The van der Waals surface area contributed by atoms with Gasteiger partial charge in [-0.05, 0) is 18.1 Å². The molecule has 3 aromatic heterocycles. The van der Waals surface area contributed by atoms with Gasteiger partial charge in [-0.1, -0.05) is 13.8 Å². The number of anilines is 2. The first kappa shape index (κ1) is 20.3. The Hall–Kier alpha value is -3.44. The molecule has 3 heterocycles. The van der Waals surface area contributed by atoms with Crippen molar-refractivity contribution in [2.24, 2.45) is 0 Å². The van der Waals surface area contributed by atoms with Crippen molar-refractivity contribution >= 4 is 22.9 Å². The predicted molar refractivity (Wildman–Crippen MR) is 98.7 cm³/mol. The average Bonchev–Trinajstić information content (AvgIpc) is 3.08. The minimum absolute atomic E-state index is 0.00274. The summed E-state index contributed by atoms with van der Waals surface area (Å²) in [6.07, 6.45) is -1.36. The second-order valence-corrected chi connectivity index (χ2v) is 6.62. The van der Waals surface area contributed by atoms with Gasteiger partial charge in [-0.25, -0.2) is 4.68 Å². The second kappa shape index (κ2) is 7.89. The molecular weight excluding hydrogens is 391 g/mol. The number of hydrogen-bond donors (Lipinski definition) is 2. The van der Waals surface area contributed by atoms with Crippen molar-refractivity contribution in [2.45, 2.75) is 32.5 Å². The van der Waals surface area contributed by atoms with E-state index in [2.05, 4.69) is 25.9 Å². The molecule has 0 aliphatic heterocycles. The van der Waals surface area contributed by atoms with Gasteiger partial charge < -0.3 is 10.6 Å². The predicted octanol–water partition coefficient (Wildman–Crippen LogP) is 2.02. The number of alkyl halides is 3. The zero-order valence-corrected chi connectivity index (χ0v) is 15.6. The van der Waals surface area contributed by atoms with Crippen LogP contribution in [0.1, 0.15) is 25.5 Å². The molecular formula is C17H18F3N7O2. The maximum absolute atomic E-state index is 12.5. The Kier molecular flexibility index (Phi) is 5.52. The highest BCUT2D eigenvalue weighted by Gasteiger charge is 2.27. The van der Waals surface area contributed by atoms with Gasteiger partial charge in [0.15, 0.2) is 5.65 Å². The lowest BCUT2D eigenvalue weighted by Crippen LogP contribution is -2.32. The standard InChI is InChI=1S/C17H18F3N7O2/c1-10(2)16-12(21-8-17(18,19)20)5-15(29)27(25-16)7-14(28)23-11-3-4-13-24-22-9-26(13)6-11/h3-6,9-10,21H,7-8H2,1-2H3,(H,23,28). The molecule has 0 atom stereocenters. The number of carbonyl (C=O) groups excluding carboxylic acids is 1. The third-order valence-corrected chi connectivity index (χ3v) is 3.92. The Morgan fingerprint density at radius 1 is 1.28 bits per heavy atom. The van der Waals surface area contributed by atoms with Crippen LogP contribution in [0.15, 0.2) is 35.5 Å². The Balaban J connectivity index is 1.77. The van der Waals surface area contributed by atoms with E-state index in [9.17, 15) is 22.8 Å². The number of halogens is 3. The minimum atomic E-state index is -4.44. The fourth-order valence-corrected chi connectivity index (χ4v) is 2.62. The van der Waals surface area contributed by atoms with Crippen LogP contribution in [0, 0.1) is 0 Å². The number of amides is 1. The lowest BCUT2D eigenvalue weighted by atomic mass is 10.1. The van der Waals surface area contributed by atoms with E-state index in [0.717, 1.165) is 10.7 Å². The first-order valence-electron chi connectivity index (χ1n) is 8.64. The quantitative estimate of drug-likeness (QED) is 0.645. The first-order chi connectivity index (χ1) is 13.6. The third kappa shape index (κ3) is 5.09. The van der Waals surface area contributed by atoms with Crippen molar-refractivity contribution in [3.05, 3.63) is 46.8 Å². The maximum Gasteiger partial charge on any atom is 0.405 e. The first-order valence-corrected chi connectivity index (χ1v) is 8.64. The lowest BCUT2D eigenvalue weighted by Gasteiger charge is -2.16. The maximum atomic E-state index is 12.5. The largest absolute Gasteiger partial charge is 0.405 e. The number of hydrogen-bond acceptors (Lipinski definition) is 6. The summed E-state index contributed by atoms with van der Waals surface area (Å²) in [5.74, 6) is -0.783. The van der Waals surface area contributed by atoms with Gasteiger partial charge in [0, 0.05) is 12.3 Å². The monoisotopic (exact) mass is 409 g/mol. The number of carbonyl (C=O) groups is 1. The molecule has 3 aromatic rings. The Morgan fingerprint density at radius 2 is 2.03 bits per heavy atom. The number of fused-ring (bicyclic) bond motifs is 1. The van der Waals surface area contributed by atoms with Gasteiger partial charge in [-0.15, -0.1) is 10.2 Å². The topological polar surface area (TPSA) is 106 Å². The van der Waals surface area contributed by atoms with Gasteiger partial charge >= 0.3 is 6.18 Å². The summed E-state index contributed by atoms with van der Waals surface area (Å²) in [5.41, 5.74) is 0.625. The molecule has 0 unspecified atom stereocenters. The van der Waals surface area contributed by atoms with Crippen LogP contribution < -0.4 is 16.2 Å². The highest BCUT2D eigenvalue weighted by molar-refractivity contribution is 5.90. The second-order valence-electron chi connectivity index (χ2n) is 6.62. The normalized spacial score (nSPS) is 11.8. The molecule has 0 bridgehead atoms. The van der Waals surface area contributed by atoms with E-state index in [1.54, 1.807) is 36.6 Å². The summed E-state index contributed by atoms with van der Waals surface area (Å²) in [4.78, 5) is 24.6. The minimum Gasteiger partial charge on any atom is -0.375 e. The van der Waals surface area contributed by atoms with Crippen molar-refractivity contribution < 1.29 is 18.0 Å². The van der Waals surface area contributed by atoms with E-state index >= 15 is 0 Å². The number of aromatic nitrogens is 5. The molecule has 9 nitrogen and oxygen atoms in total. The smallest absolute Gasteiger partial charge is 0.375 e. The van der Waals surface area contributed by atoms with Gasteiger partial charge in [0.25, 0.3) is 5.56 Å². The van der Waals surface area contributed by atoms with Gasteiger partial charge in [-0.2, -0.15) is 18.3 Å². The van der Waals surface area contributed by atoms with Crippen LogP contribution in [0.4, 0.5) is 24.5 Å². The molecule has 1 amide bonds. The van der Waals surface area contributed by atoms with E-state index in [4.69, 9.17) is 0 Å². The van der Waals surface area contributed by atoms with Crippen LogP contribution >= 0.6 is 0 Å². The lowest BCUT2D eigenvalue weighted by molar-refractivity contribution is -0.117. The highest BCUT2D eigenvalue weighted by atomic mass is 19.4. The van der Waals surface area contributed by atoms with Crippen LogP contribution in [-0.4, -0.2) is 43.0 Å². The van der Waals surface area contributed by atoms with Gasteiger partial charge in [-0.3, -0.25) is 14.0 Å². The molecule has 0 saturated carbocycles. The number of nitrogens with zero attached hydrogens (tertiary/aromatic N) is 5. The zero-order valence-electron chi connectivity index (χ0n) is 15.6.